The Balaban J connectivity index is 2.55. The Morgan fingerprint density at radius 3 is 2.45 bits per heavy atom. The number of carbonyl (C=O) groups excluding carboxylic acids is 2. The molecule has 1 fully saturated rings. The van der Waals surface area contributed by atoms with Gasteiger partial charge >= 0.3 is 12.1 Å². The average molecular weight is 314 g/mol. The molecule has 3 atom stereocenters. The summed E-state index contributed by atoms with van der Waals surface area (Å²) in [7, 11) is 1.40. The highest BCUT2D eigenvalue weighted by Gasteiger charge is 2.33. The third-order valence-electron chi connectivity index (χ3n) is 3.83. The van der Waals surface area contributed by atoms with Gasteiger partial charge in [0.2, 0.25) is 0 Å². The van der Waals surface area contributed by atoms with Gasteiger partial charge in [0.1, 0.15) is 11.6 Å². The van der Waals surface area contributed by atoms with E-state index in [1.807, 2.05) is 34.6 Å². The minimum absolute atomic E-state index is 0.0799. The summed E-state index contributed by atoms with van der Waals surface area (Å²) in [5, 5.41) is 3.34. The average Bonchev–Trinajstić information content (AvgIpc) is 2.42. The van der Waals surface area contributed by atoms with Gasteiger partial charge in [0.15, 0.2) is 0 Å². The van der Waals surface area contributed by atoms with Crippen LogP contribution in [0.5, 0.6) is 0 Å². The van der Waals surface area contributed by atoms with Gasteiger partial charge in [-0.05, 0) is 47.0 Å². The fourth-order valence-corrected chi connectivity index (χ4v) is 2.69. The number of hydrogen-bond acceptors (Lipinski definition) is 5. The molecule has 6 nitrogen and oxygen atoms in total. The SMILES string of the molecule is CCC(NC1CCN(C(=O)OC(C)(C)C)C(C)C1)C(=O)OC. The number of piperidine rings is 1. The molecule has 0 aromatic rings. The molecule has 0 aromatic heterocycles. The van der Waals surface area contributed by atoms with E-state index < -0.39 is 5.60 Å². The lowest BCUT2D eigenvalue weighted by molar-refractivity contribution is -0.143. The molecule has 1 aliphatic heterocycles. The lowest BCUT2D eigenvalue weighted by Gasteiger charge is -2.39. The molecule has 22 heavy (non-hydrogen) atoms. The van der Waals surface area contributed by atoms with Crippen molar-refractivity contribution in [2.45, 2.75) is 77.6 Å². The maximum atomic E-state index is 12.2. The third kappa shape index (κ3) is 5.48. The van der Waals surface area contributed by atoms with Crippen LogP contribution in [0.2, 0.25) is 0 Å². The van der Waals surface area contributed by atoms with Crippen LogP contribution in [-0.4, -0.2) is 54.3 Å². The molecule has 3 unspecified atom stereocenters. The molecule has 1 rings (SSSR count). The van der Waals surface area contributed by atoms with E-state index in [1.165, 1.54) is 7.11 Å². The van der Waals surface area contributed by atoms with Crippen molar-refractivity contribution in [2.24, 2.45) is 0 Å². The van der Waals surface area contributed by atoms with E-state index >= 15 is 0 Å². The van der Waals surface area contributed by atoms with Gasteiger partial charge in [0, 0.05) is 18.6 Å². The zero-order chi connectivity index (χ0) is 16.9. The number of methoxy groups -OCH3 is 1. The minimum atomic E-state index is -0.482. The molecule has 0 radical (unpaired) electrons. The van der Waals surface area contributed by atoms with Crippen LogP contribution in [0.3, 0.4) is 0 Å². The summed E-state index contributed by atoms with van der Waals surface area (Å²) in [5.74, 6) is -0.232. The Kier molecular flexibility index (Phi) is 6.66. The van der Waals surface area contributed by atoms with Gasteiger partial charge in [-0.3, -0.25) is 4.79 Å². The molecule has 128 valence electrons. The summed E-state index contributed by atoms with van der Waals surface area (Å²) in [6.45, 7) is 10.2. The van der Waals surface area contributed by atoms with E-state index in [9.17, 15) is 9.59 Å². The molecular weight excluding hydrogens is 284 g/mol. The predicted molar refractivity (Wildman–Crippen MR) is 84.7 cm³/mol. The first kappa shape index (κ1) is 18.7. The Morgan fingerprint density at radius 1 is 1.36 bits per heavy atom. The molecule has 6 heteroatoms. The van der Waals surface area contributed by atoms with E-state index in [2.05, 4.69) is 5.32 Å². The zero-order valence-corrected chi connectivity index (χ0v) is 14.6. The van der Waals surface area contributed by atoms with Crippen molar-refractivity contribution in [3.8, 4) is 0 Å². The lowest BCUT2D eigenvalue weighted by Crippen LogP contribution is -2.53. The Labute approximate surface area is 133 Å². The molecular formula is C16H30N2O4. The summed E-state index contributed by atoms with van der Waals surface area (Å²) in [4.78, 5) is 25.6. The van der Waals surface area contributed by atoms with Crippen molar-refractivity contribution in [3.05, 3.63) is 0 Å². The second kappa shape index (κ2) is 7.81. The quantitative estimate of drug-likeness (QED) is 0.807. The number of likely N-dealkylation sites (tertiary alicyclic amines) is 1. The molecule has 0 spiro atoms. The van der Waals surface area contributed by atoms with Crippen molar-refractivity contribution >= 4 is 12.1 Å². The zero-order valence-electron chi connectivity index (χ0n) is 14.6. The van der Waals surface area contributed by atoms with Crippen molar-refractivity contribution in [3.63, 3.8) is 0 Å². The standard InChI is InChI=1S/C16H30N2O4/c1-7-13(14(19)21-6)17-12-8-9-18(11(2)10-12)15(20)22-16(3,4)5/h11-13,17H,7-10H2,1-6H3. The van der Waals surface area contributed by atoms with Gasteiger partial charge in [-0.15, -0.1) is 0 Å². The number of rotatable bonds is 4. The van der Waals surface area contributed by atoms with E-state index in [4.69, 9.17) is 9.47 Å². The van der Waals surface area contributed by atoms with Crippen LogP contribution in [0, 0.1) is 0 Å². The highest BCUT2D eigenvalue weighted by Crippen LogP contribution is 2.21. The van der Waals surface area contributed by atoms with Crippen molar-refractivity contribution in [1.82, 2.24) is 10.2 Å². The Hall–Kier alpha value is -1.30. The van der Waals surface area contributed by atoms with Crippen LogP contribution in [0.15, 0.2) is 0 Å². The van der Waals surface area contributed by atoms with Crippen molar-refractivity contribution in [1.29, 1.82) is 0 Å². The van der Waals surface area contributed by atoms with E-state index in [0.29, 0.717) is 13.0 Å². The van der Waals surface area contributed by atoms with Gasteiger partial charge in [-0.2, -0.15) is 0 Å². The lowest BCUT2D eigenvalue weighted by atomic mass is 9.97. The van der Waals surface area contributed by atoms with Gasteiger partial charge in [-0.25, -0.2) is 4.79 Å². The normalized spacial score (nSPS) is 23.8. The maximum Gasteiger partial charge on any atom is 0.410 e. The van der Waals surface area contributed by atoms with Crippen molar-refractivity contribution in [2.75, 3.05) is 13.7 Å². The predicted octanol–water partition coefficient (Wildman–Crippen LogP) is 2.32. The summed E-state index contributed by atoms with van der Waals surface area (Å²) in [5.41, 5.74) is -0.482. The van der Waals surface area contributed by atoms with Crippen LogP contribution in [0.4, 0.5) is 4.79 Å². The molecule has 0 saturated carbocycles. The molecule has 1 saturated heterocycles. The van der Waals surface area contributed by atoms with Gasteiger partial charge in [0.05, 0.1) is 7.11 Å². The van der Waals surface area contributed by atoms with Crippen LogP contribution >= 0.6 is 0 Å². The number of nitrogens with one attached hydrogen (secondary N) is 1. The minimum Gasteiger partial charge on any atom is -0.468 e. The Morgan fingerprint density at radius 2 is 2.00 bits per heavy atom. The number of hydrogen-bond donors (Lipinski definition) is 1. The summed E-state index contributed by atoms with van der Waals surface area (Å²) >= 11 is 0. The van der Waals surface area contributed by atoms with E-state index in [0.717, 1.165) is 12.8 Å². The second-order valence-electron chi connectivity index (χ2n) is 6.89. The highest BCUT2D eigenvalue weighted by molar-refractivity contribution is 5.75. The van der Waals surface area contributed by atoms with Gasteiger partial charge in [-0.1, -0.05) is 6.92 Å². The molecule has 0 bridgehead atoms. The number of carbonyl (C=O) groups is 2. The highest BCUT2D eigenvalue weighted by atomic mass is 16.6. The first-order valence-corrected chi connectivity index (χ1v) is 8.01. The fourth-order valence-electron chi connectivity index (χ4n) is 2.69. The molecule has 1 aliphatic rings. The molecule has 0 aliphatic carbocycles. The maximum absolute atomic E-state index is 12.2. The largest absolute Gasteiger partial charge is 0.468 e. The fraction of sp³-hybridized carbons (Fsp3) is 0.875. The molecule has 1 amide bonds. The smallest absolute Gasteiger partial charge is 0.410 e. The first-order valence-electron chi connectivity index (χ1n) is 8.01. The van der Waals surface area contributed by atoms with Crippen LogP contribution in [0.1, 0.15) is 53.9 Å². The Bertz CT molecular complexity index is 392. The first-order chi connectivity index (χ1) is 10.2. The van der Waals surface area contributed by atoms with Crippen LogP contribution < -0.4 is 5.32 Å². The number of ether oxygens (including phenoxy) is 2. The monoisotopic (exact) mass is 314 g/mol. The second-order valence-corrected chi connectivity index (χ2v) is 6.89. The number of nitrogens with zero attached hydrogens (tertiary/aromatic N) is 1. The van der Waals surface area contributed by atoms with Gasteiger partial charge in [0.25, 0.3) is 0 Å². The van der Waals surface area contributed by atoms with E-state index in [-0.39, 0.29) is 30.2 Å². The topological polar surface area (TPSA) is 67.9 Å². The van der Waals surface area contributed by atoms with Crippen molar-refractivity contribution < 1.29 is 19.1 Å². The summed E-state index contributed by atoms with van der Waals surface area (Å²) in [6.07, 6.45) is 2.02. The molecule has 0 aromatic carbocycles. The summed E-state index contributed by atoms with van der Waals surface area (Å²) < 4.78 is 10.2. The number of esters is 1. The van der Waals surface area contributed by atoms with Crippen LogP contribution in [-0.2, 0) is 14.3 Å². The molecule has 1 heterocycles. The van der Waals surface area contributed by atoms with Gasteiger partial charge < -0.3 is 19.7 Å². The van der Waals surface area contributed by atoms with E-state index in [1.54, 1.807) is 4.90 Å². The van der Waals surface area contributed by atoms with Crippen LogP contribution in [0.25, 0.3) is 0 Å². The summed E-state index contributed by atoms with van der Waals surface area (Å²) in [6, 6.07) is 0.00395. The number of amides is 1. The molecule has 1 N–H and O–H groups in total. The third-order valence-corrected chi connectivity index (χ3v) is 3.83.